The zero-order chi connectivity index (χ0) is 15.2. The van der Waals surface area contributed by atoms with Crippen molar-refractivity contribution in [2.24, 2.45) is 0 Å². The zero-order valence-electron chi connectivity index (χ0n) is 11.2. The van der Waals surface area contributed by atoms with Gasteiger partial charge in [-0.05, 0) is 38.0 Å². The molecule has 1 N–H and O–H groups in total. The van der Waals surface area contributed by atoms with E-state index in [2.05, 4.69) is 10.3 Å². The summed E-state index contributed by atoms with van der Waals surface area (Å²) in [6.07, 6.45) is -0.403. The lowest BCUT2D eigenvalue weighted by atomic mass is 10.2. The summed E-state index contributed by atoms with van der Waals surface area (Å²) in [5, 5.41) is 2.97. The standard InChI is InChI=1S/C14H13ClF3N3/c1-8-7-21(12-2-3-12)13(19-8)20-11-5-9(14(16,17)18)4-10(15)6-11/h4-7,12H,2-3H2,1H3,(H,19,20). The Bertz CT molecular complexity index is 675. The van der Waals surface area contributed by atoms with Crippen LogP contribution < -0.4 is 5.32 Å². The molecule has 21 heavy (non-hydrogen) atoms. The van der Waals surface area contributed by atoms with Crippen molar-refractivity contribution in [3.05, 3.63) is 40.7 Å². The second-order valence-corrected chi connectivity index (χ2v) is 5.63. The molecule has 0 amide bonds. The Morgan fingerprint density at radius 2 is 2.00 bits per heavy atom. The van der Waals surface area contributed by atoms with E-state index in [9.17, 15) is 13.2 Å². The molecular weight excluding hydrogens is 303 g/mol. The van der Waals surface area contributed by atoms with Crippen molar-refractivity contribution in [3.8, 4) is 0 Å². The smallest absolute Gasteiger partial charge is 0.326 e. The third kappa shape index (κ3) is 3.15. The van der Waals surface area contributed by atoms with Gasteiger partial charge in [0.15, 0.2) is 0 Å². The van der Waals surface area contributed by atoms with E-state index in [1.165, 1.54) is 6.07 Å². The number of nitrogens with one attached hydrogen (secondary N) is 1. The highest BCUT2D eigenvalue weighted by Gasteiger charge is 2.31. The lowest BCUT2D eigenvalue weighted by Crippen LogP contribution is -2.07. The molecule has 0 saturated heterocycles. The Labute approximate surface area is 124 Å². The first kappa shape index (κ1) is 14.3. The van der Waals surface area contributed by atoms with Gasteiger partial charge in [0.2, 0.25) is 5.95 Å². The first-order valence-electron chi connectivity index (χ1n) is 6.53. The molecule has 2 aromatic rings. The summed E-state index contributed by atoms with van der Waals surface area (Å²) in [6, 6.07) is 3.78. The molecule has 1 aromatic heterocycles. The molecule has 1 aliphatic carbocycles. The fourth-order valence-corrected chi connectivity index (χ4v) is 2.43. The molecule has 0 aliphatic heterocycles. The van der Waals surface area contributed by atoms with Crippen molar-refractivity contribution in [1.82, 2.24) is 9.55 Å². The summed E-state index contributed by atoms with van der Waals surface area (Å²) in [7, 11) is 0. The maximum Gasteiger partial charge on any atom is 0.416 e. The molecule has 3 rings (SSSR count). The van der Waals surface area contributed by atoms with Crippen LogP contribution in [0.3, 0.4) is 0 Å². The third-order valence-electron chi connectivity index (χ3n) is 3.27. The SMILES string of the molecule is Cc1cn(C2CC2)c(Nc2cc(Cl)cc(C(F)(F)F)c2)n1. The number of halogens is 4. The van der Waals surface area contributed by atoms with Crippen LogP contribution >= 0.6 is 11.6 Å². The van der Waals surface area contributed by atoms with Crippen molar-refractivity contribution >= 4 is 23.2 Å². The van der Waals surface area contributed by atoms with Crippen molar-refractivity contribution in [2.45, 2.75) is 32.0 Å². The monoisotopic (exact) mass is 315 g/mol. The van der Waals surface area contributed by atoms with Crippen LogP contribution in [0.15, 0.2) is 24.4 Å². The lowest BCUT2D eigenvalue weighted by molar-refractivity contribution is -0.137. The Morgan fingerprint density at radius 3 is 2.62 bits per heavy atom. The van der Waals surface area contributed by atoms with Gasteiger partial charge in [-0.15, -0.1) is 0 Å². The molecule has 1 aliphatic rings. The number of aromatic nitrogens is 2. The van der Waals surface area contributed by atoms with Gasteiger partial charge in [0.1, 0.15) is 0 Å². The maximum atomic E-state index is 12.8. The summed E-state index contributed by atoms with van der Waals surface area (Å²) >= 11 is 5.77. The van der Waals surface area contributed by atoms with E-state index in [1.54, 1.807) is 0 Å². The molecular formula is C14H13ClF3N3. The largest absolute Gasteiger partial charge is 0.416 e. The van der Waals surface area contributed by atoms with Gasteiger partial charge in [-0.3, -0.25) is 0 Å². The number of alkyl halides is 3. The molecule has 0 atom stereocenters. The van der Waals surface area contributed by atoms with Crippen molar-refractivity contribution in [1.29, 1.82) is 0 Å². The number of nitrogens with zero attached hydrogens (tertiary/aromatic N) is 2. The second-order valence-electron chi connectivity index (χ2n) is 5.20. The number of hydrogen-bond acceptors (Lipinski definition) is 2. The van der Waals surface area contributed by atoms with Crippen LogP contribution in [0.25, 0.3) is 0 Å². The highest BCUT2D eigenvalue weighted by atomic mass is 35.5. The van der Waals surface area contributed by atoms with Crippen molar-refractivity contribution in [2.75, 3.05) is 5.32 Å². The van der Waals surface area contributed by atoms with E-state index in [4.69, 9.17) is 11.6 Å². The van der Waals surface area contributed by atoms with E-state index in [0.717, 1.165) is 30.7 Å². The molecule has 1 fully saturated rings. The molecule has 0 unspecified atom stereocenters. The number of benzene rings is 1. The fourth-order valence-electron chi connectivity index (χ4n) is 2.19. The number of anilines is 2. The van der Waals surface area contributed by atoms with Crippen LogP contribution in [0.2, 0.25) is 5.02 Å². The number of imidazole rings is 1. The van der Waals surface area contributed by atoms with E-state index < -0.39 is 11.7 Å². The van der Waals surface area contributed by atoms with Gasteiger partial charge in [-0.1, -0.05) is 11.6 Å². The minimum atomic E-state index is -4.43. The molecule has 0 spiro atoms. The van der Waals surface area contributed by atoms with Gasteiger partial charge in [0.25, 0.3) is 0 Å². The zero-order valence-corrected chi connectivity index (χ0v) is 12.0. The molecule has 0 radical (unpaired) electrons. The molecule has 112 valence electrons. The van der Waals surface area contributed by atoms with E-state index >= 15 is 0 Å². The second kappa shape index (κ2) is 4.94. The van der Waals surface area contributed by atoms with Gasteiger partial charge in [0, 0.05) is 22.9 Å². The Morgan fingerprint density at radius 1 is 1.29 bits per heavy atom. The topological polar surface area (TPSA) is 29.9 Å². The van der Waals surface area contributed by atoms with Gasteiger partial charge in [-0.2, -0.15) is 13.2 Å². The number of hydrogen-bond donors (Lipinski definition) is 1. The van der Waals surface area contributed by atoms with Gasteiger partial charge in [0.05, 0.1) is 11.3 Å². The molecule has 0 bridgehead atoms. The van der Waals surface area contributed by atoms with Crippen molar-refractivity contribution in [3.63, 3.8) is 0 Å². The van der Waals surface area contributed by atoms with Gasteiger partial charge < -0.3 is 9.88 Å². The predicted molar refractivity (Wildman–Crippen MR) is 75.0 cm³/mol. The average Bonchev–Trinajstić information content (AvgIpc) is 3.13. The first-order valence-corrected chi connectivity index (χ1v) is 6.91. The first-order chi connectivity index (χ1) is 9.83. The predicted octanol–water partition coefficient (Wildman–Crippen LogP) is 4.94. The maximum absolute atomic E-state index is 12.8. The minimum Gasteiger partial charge on any atom is -0.326 e. The van der Waals surface area contributed by atoms with E-state index in [1.807, 2.05) is 17.7 Å². The summed E-state index contributed by atoms with van der Waals surface area (Å²) < 4.78 is 40.4. The lowest BCUT2D eigenvalue weighted by Gasteiger charge is -2.12. The average molecular weight is 316 g/mol. The number of aryl methyl sites for hydroxylation is 1. The highest BCUT2D eigenvalue weighted by molar-refractivity contribution is 6.31. The van der Waals surface area contributed by atoms with Crippen LogP contribution in [0.1, 0.15) is 30.1 Å². The van der Waals surface area contributed by atoms with E-state index in [0.29, 0.717) is 12.0 Å². The molecule has 1 heterocycles. The van der Waals surface area contributed by atoms with E-state index in [-0.39, 0.29) is 10.7 Å². The molecule has 1 aromatic carbocycles. The summed E-state index contributed by atoms with van der Waals surface area (Å²) in [5.41, 5.74) is 0.323. The van der Waals surface area contributed by atoms with Crippen molar-refractivity contribution < 1.29 is 13.2 Å². The number of rotatable bonds is 3. The summed E-state index contributed by atoms with van der Waals surface area (Å²) in [4.78, 5) is 4.32. The van der Waals surface area contributed by atoms with Crippen LogP contribution in [-0.4, -0.2) is 9.55 Å². The minimum absolute atomic E-state index is 0.0357. The highest BCUT2D eigenvalue weighted by Crippen LogP contribution is 2.39. The van der Waals surface area contributed by atoms with Crippen LogP contribution in [0.4, 0.5) is 24.8 Å². The molecule has 7 heteroatoms. The molecule has 1 saturated carbocycles. The van der Waals surface area contributed by atoms with Gasteiger partial charge in [-0.25, -0.2) is 4.98 Å². The van der Waals surface area contributed by atoms with Gasteiger partial charge >= 0.3 is 6.18 Å². The summed E-state index contributed by atoms with van der Waals surface area (Å²) in [6.45, 7) is 1.85. The van der Waals surface area contributed by atoms with Crippen LogP contribution in [0.5, 0.6) is 0 Å². The summed E-state index contributed by atoms with van der Waals surface area (Å²) in [5.74, 6) is 0.547. The third-order valence-corrected chi connectivity index (χ3v) is 3.49. The van der Waals surface area contributed by atoms with Crippen LogP contribution in [-0.2, 0) is 6.18 Å². The quantitative estimate of drug-likeness (QED) is 0.869. The molecule has 3 nitrogen and oxygen atoms in total. The Balaban J connectivity index is 1.93. The van der Waals surface area contributed by atoms with Crippen LogP contribution in [0, 0.1) is 6.92 Å². The Hall–Kier alpha value is -1.69. The Kier molecular flexibility index (Phi) is 3.36. The normalized spacial score (nSPS) is 15.3. The fraction of sp³-hybridized carbons (Fsp3) is 0.357.